The normalized spacial score (nSPS) is 16.4. The van der Waals surface area contributed by atoms with Crippen LogP contribution in [-0.2, 0) is 29.0 Å². The first kappa shape index (κ1) is 17.0. The highest BCUT2D eigenvalue weighted by molar-refractivity contribution is 7.89. The van der Waals surface area contributed by atoms with Gasteiger partial charge in [-0.3, -0.25) is 10.0 Å². The SMILES string of the molecule is O=C(NO)[C@H](N[S+]([O-])CC1Cc2ccccc2C1)c1ccccc1. The van der Waals surface area contributed by atoms with E-state index >= 15 is 0 Å². The van der Waals surface area contributed by atoms with E-state index in [2.05, 4.69) is 16.9 Å². The topological polar surface area (TPSA) is 84.4 Å². The minimum atomic E-state index is -1.37. The lowest BCUT2D eigenvalue weighted by Gasteiger charge is -2.20. The molecule has 1 amide bonds. The number of rotatable bonds is 6. The van der Waals surface area contributed by atoms with Crippen molar-refractivity contribution in [2.45, 2.75) is 18.9 Å². The van der Waals surface area contributed by atoms with Gasteiger partial charge in [0.2, 0.25) is 0 Å². The summed E-state index contributed by atoms with van der Waals surface area (Å²) in [6.07, 6.45) is 1.82. The van der Waals surface area contributed by atoms with E-state index in [1.807, 2.05) is 18.2 Å². The minimum absolute atomic E-state index is 0.296. The van der Waals surface area contributed by atoms with E-state index < -0.39 is 23.3 Å². The van der Waals surface area contributed by atoms with Crippen LogP contribution in [0.25, 0.3) is 0 Å². The molecule has 0 aromatic heterocycles. The Bertz CT molecular complexity index is 671. The fourth-order valence-electron chi connectivity index (χ4n) is 3.14. The third kappa shape index (κ3) is 3.96. The summed E-state index contributed by atoms with van der Waals surface area (Å²) in [5, 5.41) is 8.94. The van der Waals surface area contributed by atoms with E-state index in [1.54, 1.807) is 29.7 Å². The molecule has 2 aromatic rings. The van der Waals surface area contributed by atoms with Gasteiger partial charge in [-0.15, -0.1) is 4.72 Å². The average molecular weight is 344 g/mol. The zero-order valence-corrected chi connectivity index (χ0v) is 14.0. The number of nitrogens with one attached hydrogen (secondary N) is 2. The summed E-state index contributed by atoms with van der Waals surface area (Å²) < 4.78 is 15.3. The number of hydroxylamine groups is 1. The monoisotopic (exact) mass is 344 g/mol. The standard InChI is InChI=1S/C18H20N2O3S/c21-18(19-22)17(14-6-2-1-3-7-14)20-24(23)12-13-10-15-8-4-5-9-16(15)11-13/h1-9,13,17,20,22H,10-12H2,(H,19,21)/t17-,24?/m1/s1. The smallest absolute Gasteiger partial charge is 0.269 e. The van der Waals surface area contributed by atoms with Gasteiger partial charge in [0.1, 0.15) is 5.75 Å². The van der Waals surface area contributed by atoms with Crippen molar-refractivity contribution in [1.29, 1.82) is 0 Å². The zero-order chi connectivity index (χ0) is 16.9. The van der Waals surface area contributed by atoms with Gasteiger partial charge in [0.25, 0.3) is 5.91 Å². The molecule has 0 spiro atoms. The van der Waals surface area contributed by atoms with Gasteiger partial charge in [-0.25, -0.2) is 5.48 Å². The van der Waals surface area contributed by atoms with Crippen LogP contribution in [-0.4, -0.2) is 21.4 Å². The van der Waals surface area contributed by atoms with E-state index in [1.165, 1.54) is 11.1 Å². The molecule has 1 unspecified atom stereocenters. The Hall–Kier alpha value is -1.86. The van der Waals surface area contributed by atoms with Gasteiger partial charge in [0.15, 0.2) is 6.04 Å². The van der Waals surface area contributed by atoms with Crippen molar-refractivity contribution in [2.24, 2.45) is 5.92 Å². The third-order valence-corrected chi connectivity index (χ3v) is 5.55. The third-order valence-electron chi connectivity index (χ3n) is 4.28. The van der Waals surface area contributed by atoms with E-state index in [-0.39, 0.29) is 0 Å². The van der Waals surface area contributed by atoms with Gasteiger partial charge in [0.05, 0.1) is 0 Å². The number of benzene rings is 2. The van der Waals surface area contributed by atoms with Crippen molar-refractivity contribution in [2.75, 3.05) is 5.75 Å². The molecule has 2 aromatic carbocycles. The van der Waals surface area contributed by atoms with Gasteiger partial charge >= 0.3 is 0 Å². The number of fused-ring (bicyclic) bond motifs is 1. The highest BCUT2D eigenvalue weighted by Crippen LogP contribution is 2.27. The zero-order valence-electron chi connectivity index (χ0n) is 13.1. The minimum Gasteiger partial charge on any atom is -0.598 e. The molecular formula is C18H20N2O3S. The average Bonchev–Trinajstić information content (AvgIpc) is 3.02. The molecule has 24 heavy (non-hydrogen) atoms. The van der Waals surface area contributed by atoms with Crippen LogP contribution in [0.3, 0.4) is 0 Å². The van der Waals surface area contributed by atoms with Gasteiger partial charge in [-0.1, -0.05) is 54.6 Å². The lowest BCUT2D eigenvalue weighted by Crippen LogP contribution is -2.41. The molecule has 0 bridgehead atoms. The summed E-state index contributed by atoms with van der Waals surface area (Å²) in [5.74, 6) is 0.144. The van der Waals surface area contributed by atoms with Crippen LogP contribution in [0.15, 0.2) is 54.6 Å². The highest BCUT2D eigenvalue weighted by Gasteiger charge is 2.30. The fourth-order valence-corrected chi connectivity index (χ4v) is 4.41. The van der Waals surface area contributed by atoms with E-state index in [0.717, 1.165) is 12.8 Å². The van der Waals surface area contributed by atoms with Gasteiger partial charge in [-0.2, -0.15) is 0 Å². The molecule has 0 saturated heterocycles. The van der Waals surface area contributed by atoms with Gasteiger partial charge in [0, 0.05) is 17.3 Å². The van der Waals surface area contributed by atoms with Gasteiger partial charge < -0.3 is 4.55 Å². The molecule has 5 nitrogen and oxygen atoms in total. The maximum Gasteiger partial charge on any atom is 0.269 e. The van der Waals surface area contributed by atoms with E-state index in [0.29, 0.717) is 17.2 Å². The van der Waals surface area contributed by atoms with Crippen LogP contribution in [0.5, 0.6) is 0 Å². The number of hydrogen-bond acceptors (Lipinski definition) is 4. The summed E-state index contributed by atoms with van der Waals surface area (Å²) >= 11 is -1.37. The van der Waals surface area contributed by atoms with Crippen molar-refractivity contribution in [3.63, 3.8) is 0 Å². The Morgan fingerprint density at radius 2 is 1.71 bits per heavy atom. The Balaban J connectivity index is 1.62. The lowest BCUT2D eigenvalue weighted by atomic mass is 10.1. The predicted octanol–water partition coefficient (Wildman–Crippen LogP) is 1.90. The van der Waals surface area contributed by atoms with Crippen LogP contribution >= 0.6 is 0 Å². The second-order valence-corrected chi connectivity index (χ2v) is 7.25. The molecule has 0 radical (unpaired) electrons. The van der Waals surface area contributed by atoms with Crippen LogP contribution in [0.2, 0.25) is 0 Å². The summed E-state index contributed by atoms with van der Waals surface area (Å²) in [6.45, 7) is 0. The van der Waals surface area contributed by atoms with Crippen molar-refractivity contribution in [1.82, 2.24) is 10.2 Å². The fraction of sp³-hybridized carbons (Fsp3) is 0.278. The molecule has 3 rings (SSSR count). The molecule has 1 aliphatic carbocycles. The van der Waals surface area contributed by atoms with E-state index in [4.69, 9.17) is 5.21 Å². The van der Waals surface area contributed by atoms with Gasteiger partial charge in [-0.05, 0) is 29.5 Å². The second-order valence-electron chi connectivity index (χ2n) is 5.99. The van der Waals surface area contributed by atoms with Crippen molar-refractivity contribution in [3.05, 3.63) is 71.3 Å². The number of carbonyl (C=O) groups excluding carboxylic acids is 1. The largest absolute Gasteiger partial charge is 0.598 e. The van der Waals surface area contributed by atoms with Crippen molar-refractivity contribution >= 4 is 17.3 Å². The summed E-state index contributed by atoms with van der Waals surface area (Å²) in [5.41, 5.74) is 4.92. The molecular weight excluding hydrogens is 324 g/mol. The molecule has 0 aliphatic heterocycles. The first-order chi connectivity index (χ1) is 11.7. The Labute approximate surface area is 144 Å². The molecule has 2 atom stereocenters. The summed E-state index contributed by atoms with van der Waals surface area (Å²) in [7, 11) is 0. The molecule has 0 fully saturated rings. The maximum atomic E-state index is 12.5. The van der Waals surface area contributed by atoms with Crippen LogP contribution in [0.4, 0.5) is 0 Å². The number of hydrogen-bond donors (Lipinski definition) is 3. The maximum absolute atomic E-state index is 12.5. The summed E-state index contributed by atoms with van der Waals surface area (Å²) in [6, 6.07) is 16.4. The Morgan fingerprint density at radius 1 is 1.12 bits per heavy atom. The molecule has 3 N–H and O–H groups in total. The molecule has 1 aliphatic rings. The second kappa shape index (κ2) is 7.81. The predicted molar refractivity (Wildman–Crippen MR) is 92.6 cm³/mol. The number of amides is 1. The van der Waals surface area contributed by atoms with Crippen LogP contribution in [0.1, 0.15) is 22.7 Å². The molecule has 0 saturated carbocycles. The van der Waals surface area contributed by atoms with Crippen molar-refractivity contribution < 1.29 is 14.6 Å². The van der Waals surface area contributed by atoms with Crippen molar-refractivity contribution in [3.8, 4) is 0 Å². The first-order valence-corrected chi connectivity index (χ1v) is 9.19. The van der Waals surface area contributed by atoms with Crippen LogP contribution in [0, 0.1) is 5.92 Å². The Morgan fingerprint density at radius 3 is 2.29 bits per heavy atom. The highest BCUT2D eigenvalue weighted by atomic mass is 32.2. The lowest BCUT2D eigenvalue weighted by molar-refractivity contribution is -0.131. The number of carbonyl (C=O) groups is 1. The first-order valence-electron chi connectivity index (χ1n) is 7.87. The van der Waals surface area contributed by atoms with E-state index in [9.17, 15) is 9.35 Å². The quantitative estimate of drug-likeness (QED) is 0.424. The summed E-state index contributed by atoms with van der Waals surface area (Å²) in [4.78, 5) is 11.9. The molecule has 126 valence electrons. The molecule has 0 heterocycles. The molecule has 6 heteroatoms. The Kier molecular flexibility index (Phi) is 5.52. The van der Waals surface area contributed by atoms with Crippen LogP contribution < -0.4 is 10.2 Å².